The number of carbonyl (C=O) groups is 1. The van der Waals surface area contributed by atoms with Crippen LogP contribution in [-0.4, -0.2) is 19.0 Å². The SMILES string of the molecule is COC(C(=O)Cc1ccc(F)cc1F)C1CC1. The number of benzene rings is 1. The predicted molar refractivity (Wildman–Crippen MR) is 58.6 cm³/mol. The molecule has 0 aliphatic heterocycles. The fourth-order valence-electron chi connectivity index (χ4n) is 1.94. The molecule has 0 saturated heterocycles. The molecule has 0 bridgehead atoms. The molecule has 4 heteroatoms. The lowest BCUT2D eigenvalue weighted by atomic mass is 10.0. The molecule has 0 aromatic heterocycles. The van der Waals surface area contributed by atoms with Gasteiger partial charge in [0.25, 0.3) is 0 Å². The fraction of sp³-hybridized carbons (Fsp3) is 0.462. The first-order chi connectivity index (χ1) is 8.11. The van der Waals surface area contributed by atoms with Crippen LogP contribution in [0.2, 0.25) is 0 Å². The van der Waals surface area contributed by atoms with Crippen LogP contribution in [0.5, 0.6) is 0 Å². The van der Waals surface area contributed by atoms with Crippen molar-refractivity contribution in [3.05, 3.63) is 35.4 Å². The molecule has 0 N–H and O–H groups in total. The summed E-state index contributed by atoms with van der Waals surface area (Å²) >= 11 is 0. The summed E-state index contributed by atoms with van der Waals surface area (Å²) in [4.78, 5) is 11.9. The van der Waals surface area contributed by atoms with E-state index >= 15 is 0 Å². The lowest BCUT2D eigenvalue weighted by Crippen LogP contribution is -2.27. The van der Waals surface area contributed by atoms with E-state index in [-0.39, 0.29) is 23.7 Å². The lowest BCUT2D eigenvalue weighted by molar-refractivity contribution is -0.129. The van der Waals surface area contributed by atoms with Gasteiger partial charge in [0.1, 0.15) is 17.7 Å². The second-order valence-corrected chi connectivity index (χ2v) is 4.37. The molecule has 1 aromatic rings. The van der Waals surface area contributed by atoms with Crippen molar-refractivity contribution in [2.45, 2.75) is 25.4 Å². The maximum absolute atomic E-state index is 13.4. The Hall–Kier alpha value is -1.29. The number of methoxy groups -OCH3 is 1. The van der Waals surface area contributed by atoms with E-state index in [1.165, 1.54) is 13.2 Å². The van der Waals surface area contributed by atoms with Crippen LogP contribution in [0.25, 0.3) is 0 Å². The Balaban J connectivity index is 2.06. The van der Waals surface area contributed by atoms with Crippen molar-refractivity contribution in [3.63, 3.8) is 0 Å². The highest BCUT2D eigenvalue weighted by Gasteiger charge is 2.36. The first kappa shape index (κ1) is 12.2. The van der Waals surface area contributed by atoms with Crippen LogP contribution in [0.3, 0.4) is 0 Å². The number of hydrogen-bond donors (Lipinski definition) is 0. The smallest absolute Gasteiger partial charge is 0.166 e. The highest BCUT2D eigenvalue weighted by atomic mass is 19.1. The third-order valence-corrected chi connectivity index (χ3v) is 3.00. The zero-order valence-corrected chi connectivity index (χ0v) is 9.58. The molecule has 0 radical (unpaired) electrons. The average Bonchev–Trinajstić information content (AvgIpc) is 3.08. The van der Waals surface area contributed by atoms with Gasteiger partial charge in [-0.2, -0.15) is 0 Å². The molecule has 1 aromatic carbocycles. The predicted octanol–water partition coefficient (Wildman–Crippen LogP) is 2.50. The zero-order chi connectivity index (χ0) is 12.4. The monoisotopic (exact) mass is 240 g/mol. The second kappa shape index (κ2) is 4.92. The molecule has 1 unspecified atom stereocenters. The van der Waals surface area contributed by atoms with E-state index in [0.29, 0.717) is 0 Å². The summed E-state index contributed by atoms with van der Waals surface area (Å²) in [6.07, 6.45) is 1.48. The summed E-state index contributed by atoms with van der Waals surface area (Å²) in [5, 5.41) is 0. The van der Waals surface area contributed by atoms with Crippen molar-refractivity contribution in [1.82, 2.24) is 0 Å². The Bertz CT molecular complexity index is 427. The molecule has 0 heterocycles. The summed E-state index contributed by atoms with van der Waals surface area (Å²) in [6.45, 7) is 0. The van der Waals surface area contributed by atoms with Gasteiger partial charge < -0.3 is 4.74 Å². The van der Waals surface area contributed by atoms with Crippen LogP contribution >= 0.6 is 0 Å². The van der Waals surface area contributed by atoms with Crippen molar-refractivity contribution in [2.75, 3.05) is 7.11 Å². The van der Waals surface area contributed by atoms with Crippen LogP contribution in [0.15, 0.2) is 18.2 Å². The highest BCUT2D eigenvalue weighted by Crippen LogP contribution is 2.35. The van der Waals surface area contributed by atoms with E-state index in [2.05, 4.69) is 0 Å². The van der Waals surface area contributed by atoms with Crippen molar-refractivity contribution in [1.29, 1.82) is 0 Å². The van der Waals surface area contributed by atoms with Crippen molar-refractivity contribution >= 4 is 5.78 Å². The zero-order valence-electron chi connectivity index (χ0n) is 9.58. The molecule has 0 spiro atoms. The Kier molecular flexibility index (Phi) is 3.52. The van der Waals surface area contributed by atoms with Crippen LogP contribution in [-0.2, 0) is 16.0 Å². The number of Topliss-reactive ketones (excluding diaryl/α,β-unsaturated/α-hetero) is 1. The Morgan fingerprint density at radius 1 is 1.47 bits per heavy atom. The van der Waals surface area contributed by atoms with Gasteiger partial charge in [-0.3, -0.25) is 4.79 Å². The van der Waals surface area contributed by atoms with Gasteiger partial charge >= 0.3 is 0 Å². The van der Waals surface area contributed by atoms with Gasteiger partial charge in [-0.25, -0.2) is 8.78 Å². The molecule has 2 rings (SSSR count). The topological polar surface area (TPSA) is 26.3 Å². The Morgan fingerprint density at radius 3 is 2.71 bits per heavy atom. The van der Waals surface area contributed by atoms with Crippen LogP contribution < -0.4 is 0 Å². The summed E-state index contributed by atoms with van der Waals surface area (Å²) in [5.41, 5.74) is 0.221. The molecule has 1 fully saturated rings. The molecule has 1 saturated carbocycles. The molecular weight excluding hydrogens is 226 g/mol. The van der Waals surface area contributed by atoms with Crippen molar-refractivity contribution in [2.24, 2.45) is 5.92 Å². The highest BCUT2D eigenvalue weighted by molar-refractivity contribution is 5.85. The van der Waals surface area contributed by atoms with E-state index in [1.807, 2.05) is 0 Å². The first-order valence-corrected chi connectivity index (χ1v) is 5.61. The molecule has 92 valence electrons. The maximum atomic E-state index is 13.4. The number of ether oxygens (including phenoxy) is 1. The van der Waals surface area contributed by atoms with Crippen molar-refractivity contribution < 1.29 is 18.3 Å². The van der Waals surface area contributed by atoms with Gasteiger partial charge in [0.05, 0.1) is 0 Å². The molecule has 1 aliphatic rings. The third-order valence-electron chi connectivity index (χ3n) is 3.00. The van der Waals surface area contributed by atoms with Crippen LogP contribution in [0.1, 0.15) is 18.4 Å². The molecule has 1 aliphatic carbocycles. The average molecular weight is 240 g/mol. The summed E-state index contributed by atoms with van der Waals surface area (Å²) in [5.74, 6) is -1.18. The molecule has 0 amide bonds. The minimum Gasteiger partial charge on any atom is -0.373 e. The largest absolute Gasteiger partial charge is 0.373 e. The fourth-order valence-corrected chi connectivity index (χ4v) is 1.94. The normalized spacial score (nSPS) is 16.9. The minimum absolute atomic E-state index is 0.0406. The maximum Gasteiger partial charge on any atom is 0.166 e. The van der Waals surface area contributed by atoms with E-state index in [9.17, 15) is 13.6 Å². The first-order valence-electron chi connectivity index (χ1n) is 5.61. The minimum atomic E-state index is -0.677. The van der Waals surface area contributed by atoms with Crippen LogP contribution in [0.4, 0.5) is 8.78 Å². The standard InChI is InChI=1S/C13H14F2O2/c1-17-13(8-2-3-8)12(16)6-9-4-5-10(14)7-11(9)15/h4-5,7-8,13H,2-3,6H2,1H3. The Morgan fingerprint density at radius 2 is 2.18 bits per heavy atom. The van der Waals surface area contributed by atoms with E-state index in [1.54, 1.807) is 0 Å². The second-order valence-electron chi connectivity index (χ2n) is 4.37. The molecule has 2 nitrogen and oxygen atoms in total. The summed E-state index contributed by atoms with van der Waals surface area (Å²) < 4.78 is 31.2. The number of ketones is 1. The summed E-state index contributed by atoms with van der Waals surface area (Å²) in [7, 11) is 1.49. The van der Waals surface area contributed by atoms with Gasteiger partial charge in [-0.1, -0.05) is 6.07 Å². The van der Waals surface area contributed by atoms with E-state index in [0.717, 1.165) is 25.0 Å². The third kappa shape index (κ3) is 2.88. The Labute approximate surface area is 98.6 Å². The number of halogens is 2. The van der Waals surface area contributed by atoms with Crippen LogP contribution in [0, 0.1) is 17.6 Å². The van der Waals surface area contributed by atoms with Gasteiger partial charge in [0, 0.05) is 19.6 Å². The van der Waals surface area contributed by atoms with Gasteiger partial charge in [0.15, 0.2) is 5.78 Å². The number of carbonyl (C=O) groups excluding carboxylic acids is 1. The van der Waals surface area contributed by atoms with Gasteiger partial charge in [-0.15, -0.1) is 0 Å². The molecule has 1 atom stereocenters. The molecular formula is C13H14F2O2. The summed E-state index contributed by atoms with van der Waals surface area (Å²) in [6, 6.07) is 3.26. The van der Waals surface area contributed by atoms with Gasteiger partial charge in [-0.05, 0) is 30.4 Å². The van der Waals surface area contributed by atoms with Crippen molar-refractivity contribution in [3.8, 4) is 0 Å². The lowest BCUT2D eigenvalue weighted by Gasteiger charge is -2.13. The molecule has 17 heavy (non-hydrogen) atoms. The number of rotatable bonds is 5. The van der Waals surface area contributed by atoms with Gasteiger partial charge in [0.2, 0.25) is 0 Å². The quantitative estimate of drug-likeness (QED) is 0.790. The number of hydrogen-bond acceptors (Lipinski definition) is 2. The van der Waals surface area contributed by atoms with E-state index in [4.69, 9.17) is 4.74 Å². The van der Waals surface area contributed by atoms with E-state index < -0.39 is 17.7 Å².